The van der Waals surface area contributed by atoms with Crippen LogP contribution < -0.4 is 5.32 Å². The van der Waals surface area contributed by atoms with Crippen LogP contribution in [0.5, 0.6) is 0 Å². The van der Waals surface area contributed by atoms with Gasteiger partial charge in [-0.25, -0.2) is 0 Å². The minimum Gasteiger partial charge on any atom is -0.302 e. The van der Waals surface area contributed by atoms with Gasteiger partial charge in [-0.05, 0) is 30.2 Å². The lowest BCUT2D eigenvalue weighted by atomic mass is 9.99. The summed E-state index contributed by atoms with van der Waals surface area (Å²) in [7, 11) is 0. The Morgan fingerprint density at radius 2 is 1.71 bits per heavy atom. The highest BCUT2D eigenvalue weighted by atomic mass is 15.0. The number of hydrogen-bond donors (Lipinski definition) is 1. The number of aromatic nitrogens is 2. The first kappa shape index (κ1) is 13.7. The van der Waals surface area contributed by atoms with Crippen molar-refractivity contribution in [2.45, 2.75) is 25.9 Å². The van der Waals surface area contributed by atoms with Crippen LogP contribution in [0.2, 0.25) is 0 Å². The number of nitrogens with one attached hydrogen (secondary N) is 1. The molecule has 0 aliphatic heterocycles. The summed E-state index contributed by atoms with van der Waals surface area (Å²) in [6.07, 6.45) is 5.24. The molecule has 21 heavy (non-hydrogen) atoms. The van der Waals surface area contributed by atoms with Gasteiger partial charge in [0.05, 0.1) is 5.69 Å². The first-order valence-electron chi connectivity index (χ1n) is 7.25. The second-order valence-electron chi connectivity index (χ2n) is 5.31. The van der Waals surface area contributed by atoms with Crippen molar-refractivity contribution in [2.24, 2.45) is 0 Å². The maximum atomic E-state index is 4.36. The molecule has 0 saturated heterocycles. The monoisotopic (exact) mass is 277 g/mol. The maximum Gasteiger partial charge on any atom is 0.0753 e. The van der Waals surface area contributed by atoms with Crippen molar-refractivity contribution in [2.75, 3.05) is 0 Å². The molecule has 106 valence electrons. The number of benzene rings is 2. The minimum absolute atomic E-state index is 0.160. The SMILES string of the molecule is CC(NC(C)c1cccc2ccccc12)c1cnccn1. The molecular formula is C18H19N3. The van der Waals surface area contributed by atoms with Gasteiger partial charge in [-0.2, -0.15) is 0 Å². The second-order valence-corrected chi connectivity index (χ2v) is 5.31. The fourth-order valence-electron chi connectivity index (χ4n) is 2.71. The van der Waals surface area contributed by atoms with E-state index >= 15 is 0 Å². The summed E-state index contributed by atoms with van der Waals surface area (Å²) >= 11 is 0. The third kappa shape index (κ3) is 2.93. The van der Waals surface area contributed by atoms with Gasteiger partial charge in [0.25, 0.3) is 0 Å². The third-order valence-corrected chi connectivity index (χ3v) is 3.82. The lowest BCUT2D eigenvalue weighted by Crippen LogP contribution is -2.23. The number of nitrogens with zero attached hydrogens (tertiary/aromatic N) is 2. The molecule has 2 aromatic carbocycles. The zero-order chi connectivity index (χ0) is 14.7. The Balaban J connectivity index is 1.86. The molecule has 3 nitrogen and oxygen atoms in total. The Morgan fingerprint density at radius 1 is 0.905 bits per heavy atom. The highest BCUT2D eigenvalue weighted by Gasteiger charge is 2.14. The summed E-state index contributed by atoms with van der Waals surface area (Å²) in [6.45, 7) is 4.31. The molecule has 2 unspecified atom stereocenters. The van der Waals surface area contributed by atoms with Gasteiger partial charge in [0.1, 0.15) is 0 Å². The van der Waals surface area contributed by atoms with E-state index < -0.39 is 0 Å². The van der Waals surface area contributed by atoms with Crippen molar-refractivity contribution in [3.05, 3.63) is 72.3 Å². The molecule has 3 rings (SSSR count). The average molecular weight is 277 g/mol. The lowest BCUT2D eigenvalue weighted by molar-refractivity contribution is 0.487. The minimum atomic E-state index is 0.160. The van der Waals surface area contributed by atoms with Crippen LogP contribution in [0.15, 0.2) is 61.1 Å². The van der Waals surface area contributed by atoms with Crippen molar-refractivity contribution in [3.63, 3.8) is 0 Å². The van der Waals surface area contributed by atoms with E-state index in [0.29, 0.717) is 0 Å². The molecule has 0 aliphatic carbocycles. The highest BCUT2D eigenvalue weighted by molar-refractivity contribution is 5.86. The quantitative estimate of drug-likeness (QED) is 0.782. The number of fused-ring (bicyclic) bond motifs is 1. The van der Waals surface area contributed by atoms with Crippen LogP contribution in [0.3, 0.4) is 0 Å². The molecule has 0 amide bonds. The second kappa shape index (κ2) is 6.02. The summed E-state index contributed by atoms with van der Waals surface area (Å²) in [5, 5.41) is 6.17. The summed E-state index contributed by atoms with van der Waals surface area (Å²) in [6, 6.07) is 15.3. The molecule has 3 aromatic rings. The van der Waals surface area contributed by atoms with E-state index in [0.717, 1.165) is 5.69 Å². The van der Waals surface area contributed by atoms with E-state index in [1.807, 2.05) is 6.20 Å². The molecule has 0 aliphatic rings. The van der Waals surface area contributed by atoms with Gasteiger partial charge in [0.2, 0.25) is 0 Å². The molecule has 2 atom stereocenters. The molecule has 0 spiro atoms. The van der Waals surface area contributed by atoms with Crippen molar-refractivity contribution < 1.29 is 0 Å². The standard InChI is InChI=1S/C18H19N3/c1-13(21-14(2)18-12-19-10-11-20-18)16-9-5-7-15-6-3-4-8-17(15)16/h3-14,21H,1-2H3. The fraction of sp³-hybridized carbons (Fsp3) is 0.222. The number of hydrogen-bond acceptors (Lipinski definition) is 3. The fourth-order valence-corrected chi connectivity index (χ4v) is 2.71. The lowest BCUT2D eigenvalue weighted by Gasteiger charge is -2.21. The molecule has 0 radical (unpaired) electrons. The Morgan fingerprint density at radius 3 is 2.52 bits per heavy atom. The van der Waals surface area contributed by atoms with Crippen LogP contribution >= 0.6 is 0 Å². The summed E-state index contributed by atoms with van der Waals surface area (Å²) in [4.78, 5) is 8.50. The number of rotatable bonds is 4. The molecule has 0 fully saturated rings. The molecule has 1 heterocycles. The largest absolute Gasteiger partial charge is 0.302 e. The van der Waals surface area contributed by atoms with Gasteiger partial charge in [-0.15, -0.1) is 0 Å². The molecule has 0 saturated carbocycles. The van der Waals surface area contributed by atoms with E-state index in [-0.39, 0.29) is 12.1 Å². The predicted octanol–water partition coefficient (Wildman–Crippen LogP) is 4.04. The zero-order valence-electron chi connectivity index (χ0n) is 12.3. The summed E-state index contributed by atoms with van der Waals surface area (Å²) in [5.74, 6) is 0. The first-order valence-corrected chi connectivity index (χ1v) is 7.25. The van der Waals surface area contributed by atoms with Gasteiger partial charge < -0.3 is 5.32 Å². The van der Waals surface area contributed by atoms with Crippen molar-refractivity contribution in [1.29, 1.82) is 0 Å². The van der Waals surface area contributed by atoms with E-state index in [2.05, 4.69) is 71.6 Å². The first-order chi connectivity index (χ1) is 10.3. The Hall–Kier alpha value is -2.26. The average Bonchev–Trinajstić information content (AvgIpc) is 2.55. The molecule has 1 N–H and O–H groups in total. The zero-order valence-corrected chi connectivity index (χ0v) is 12.3. The van der Waals surface area contributed by atoms with Crippen LogP contribution in [0.4, 0.5) is 0 Å². The molecule has 3 heteroatoms. The van der Waals surface area contributed by atoms with Crippen molar-refractivity contribution >= 4 is 10.8 Å². The van der Waals surface area contributed by atoms with Crippen LogP contribution in [0, 0.1) is 0 Å². The van der Waals surface area contributed by atoms with Crippen LogP contribution in [0.1, 0.15) is 37.2 Å². The van der Waals surface area contributed by atoms with Crippen molar-refractivity contribution in [1.82, 2.24) is 15.3 Å². The van der Waals surface area contributed by atoms with Gasteiger partial charge in [-0.3, -0.25) is 9.97 Å². The third-order valence-electron chi connectivity index (χ3n) is 3.82. The molecular weight excluding hydrogens is 258 g/mol. The Bertz CT molecular complexity index is 719. The van der Waals surface area contributed by atoms with Crippen molar-refractivity contribution in [3.8, 4) is 0 Å². The Labute approximate surface area is 125 Å². The van der Waals surface area contributed by atoms with Crippen LogP contribution in [-0.4, -0.2) is 9.97 Å². The molecule has 0 bridgehead atoms. The van der Waals surface area contributed by atoms with Gasteiger partial charge >= 0.3 is 0 Å². The van der Waals surface area contributed by atoms with Gasteiger partial charge in [-0.1, -0.05) is 42.5 Å². The normalized spacial score (nSPS) is 14.0. The highest BCUT2D eigenvalue weighted by Crippen LogP contribution is 2.25. The van der Waals surface area contributed by atoms with E-state index in [1.54, 1.807) is 12.4 Å². The van der Waals surface area contributed by atoms with E-state index in [1.165, 1.54) is 16.3 Å². The summed E-state index contributed by atoms with van der Waals surface area (Å²) < 4.78 is 0. The summed E-state index contributed by atoms with van der Waals surface area (Å²) in [5.41, 5.74) is 2.27. The van der Waals surface area contributed by atoms with Crippen LogP contribution in [0.25, 0.3) is 10.8 Å². The van der Waals surface area contributed by atoms with E-state index in [9.17, 15) is 0 Å². The van der Waals surface area contributed by atoms with Gasteiger partial charge in [0.15, 0.2) is 0 Å². The van der Waals surface area contributed by atoms with E-state index in [4.69, 9.17) is 0 Å². The maximum absolute atomic E-state index is 4.36. The predicted molar refractivity (Wildman–Crippen MR) is 85.9 cm³/mol. The van der Waals surface area contributed by atoms with Crippen LogP contribution in [-0.2, 0) is 0 Å². The molecule has 1 aromatic heterocycles. The Kier molecular flexibility index (Phi) is 3.93. The van der Waals surface area contributed by atoms with Gasteiger partial charge in [0, 0.05) is 30.7 Å². The topological polar surface area (TPSA) is 37.8 Å². The smallest absolute Gasteiger partial charge is 0.0753 e.